The Morgan fingerprint density at radius 2 is 1.90 bits per heavy atom. The van der Waals surface area contributed by atoms with E-state index in [0.29, 0.717) is 0 Å². The summed E-state index contributed by atoms with van der Waals surface area (Å²) in [6.07, 6.45) is 0.287. The van der Waals surface area contributed by atoms with E-state index in [9.17, 15) is 19.2 Å². The van der Waals surface area contributed by atoms with Crippen LogP contribution in [0.5, 0.6) is 0 Å². The topological polar surface area (TPSA) is 116 Å². The fraction of sp³-hybridized carbons (Fsp3) is 0.692. The van der Waals surface area contributed by atoms with E-state index < -0.39 is 35.4 Å². The average molecular weight is 299 g/mol. The lowest BCUT2D eigenvalue weighted by atomic mass is 10.0. The predicted molar refractivity (Wildman–Crippen MR) is 73.3 cm³/mol. The van der Waals surface area contributed by atoms with Gasteiger partial charge in [0, 0.05) is 0 Å². The third-order valence-electron chi connectivity index (χ3n) is 3.34. The highest BCUT2D eigenvalue weighted by molar-refractivity contribution is 6.07. The number of carbonyl (C=O) groups is 4. The van der Waals surface area contributed by atoms with Crippen LogP contribution in [0.25, 0.3) is 0 Å². The quantitative estimate of drug-likeness (QED) is 0.594. The zero-order valence-corrected chi connectivity index (χ0v) is 12.6. The van der Waals surface area contributed by atoms with Gasteiger partial charge >= 0.3 is 12.0 Å². The second-order valence-corrected chi connectivity index (χ2v) is 5.99. The monoisotopic (exact) mass is 299 g/mol. The van der Waals surface area contributed by atoms with Gasteiger partial charge in [0.15, 0.2) is 0 Å². The molecule has 0 spiro atoms. The van der Waals surface area contributed by atoms with Crippen LogP contribution in [-0.4, -0.2) is 51.9 Å². The van der Waals surface area contributed by atoms with E-state index in [0.717, 1.165) is 4.90 Å². The standard InChI is InChI=1S/C13H21N3O5/c1-7(2)5-8(10(18)19)14-9(17)6-16-12(21)15-11(20)13(16,3)4/h7-8H,5-6H2,1-4H3,(H,14,17)(H,18,19)(H,15,20,21)/t8-/m1/s1. The van der Waals surface area contributed by atoms with Crippen LogP contribution in [0.15, 0.2) is 0 Å². The number of aliphatic carboxylic acids is 1. The summed E-state index contributed by atoms with van der Waals surface area (Å²) in [5.74, 6) is -2.13. The minimum absolute atomic E-state index is 0.0968. The molecule has 1 rings (SSSR count). The first-order valence-electron chi connectivity index (χ1n) is 6.71. The van der Waals surface area contributed by atoms with Gasteiger partial charge in [-0.1, -0.05) is 13.8 Å². The van der Waals surface area contributed by atoms with E-state index in [1.165, 1.54) is 13.8 Å². The van der Waals surface area contributed by atoms with Gasteiger partial charge < -0.3 is 15.3 Å². The molecule has 8 nitrogen and oxygen atoms in total. The lowest BCUT2D eigenvalue weighted by molar-refractivity contribution is -0.142. The van der Waals surface area contributed by atoms with Gasteiger partial charge in [-0.25, -0.2) is 9.59 Å². The lowest BCUT2D eigenvalue weighted by Gasteiger charge is -2.27. The third-order valence-corrected chi connectivity index (χ3v) is 3.34. The zero-order chi connectivity index (χ0) is 16.4. The molecule has 0 aliphatic carbocycles. The molecule has 1 atom stereocenters. The molecule has 1 aliphatic heterocycles. The van der Waals surface area contributed by atoms with Crippen molar-refractivity contribution < 1.29 is 24.3 Å². The number of carbonyl (C=O) groups excluding carboxylic acids is 3. The van der Waals surface area contributed by atoms with Crippen molar-refractivity contribution in [3.8, 4) is 0 Å². The van der Waals surface area contributed by atoms with Crippen molar-refractivity contribution in [3.63, 3.8) is 0 Å². The number of carboxylic acids is 1. The maximum atomic E-state index is 11.9. The van der Waals surface area contributed by atoms with Crippen molar-refractivity contribution in [2.45, 2.75) is 45.7 Å². The van der Waals surface area contributed by atoms with E-state index in [4.69, 9.17) is 5.11 Å². The number of imide groups is 1. The summed E-state index contributed by atoms with van der Waals surface area (Å²) in [6, 6.07) is -1.67. The molecule has 0 bridgehead atoms. The van der Waals surface area contributed by atoms with Crippen LogP contribution in [0.3, 0.4) is 0 Å². The third kappa shape index (κ3) is 3.93. The van der Waals surface area contributed by atoms with Gasteiger partial charge in [0.25, 0.3) is 5.91 Å². The number of rotatable bonds is 6. The number of hydrogen-bond donors (Lipinski definition) is 3. The van der Waals surface area contributed by atoms with Crippen molar-refractivity contribution in [1.82, 2.24) is 15.5 Å². The summed E-state index contributed by atoms with van der Waals surface area (Å²) in [7, 11) is 0. The Bertz CT molecular complexity index is 472. The Hall–Kier alpha value is -2.12. The highest BCUT2D eigenvalue weighted by atomic mass is 16.4. The van der Waals surface area contributed by atoms with Crippen LogP contribution in [-0.2, 0) is 14.4 Å². The fourth-order valence-corrected chi connectivity index (χ4v) is 2.04. The van der Waals surface area contributed by atoms with Gasteiger partial charge in [0.1, 0.15) is 18.1 Å². The first kappa shape index (κ1) is 16.9. The Morgan fingerprint density at radius 1 is 1.33 bits per heavy atom. The predicted octanol–water partition coefficient (Wildman–Crippen LogP) is -0.0677. The van der Waals surface area contributed by atoms with E-state index in [1.54, 1.807) is 0 Å². The number of urea groups is 1. The molecular weight excluding hydrogens is 278 g/mol. The van der Waals surface area contributed by atoms with Gasteiger partial charge in [-0.15, -0.1) is 0 Å². The molecule has 21 heavy (non-hydrogen) atoms. The molecule has 1 fully saturated rings. The zero-order valence-electron chi connectivity index (χ0n) is 12.6. The normalized spacial score (nSPS) is 18.6. The van der Waals surface area contributed by atoms with E-state index in [1.807, 2.05) is 13.8 Å². The molecular formula is C13H21N3O5. The van der Waals surface area contributed by atoms with Gasteiger partial charge in [-0.2, -0.15) is 0 Å². The number of nitrogens with zero attached hydrogens (tertiary/aromatic N) is 1. The minimum atomic E-state index is -1.13. The van der Waals surface area contributed by atoms with Crippen LogP contribution in [0.1, 0.15) is 34.1 Å². The van der Waals surface area contributed by atoms with Gasteiger partial charge in [0.2, 0.25) is 5.91 Å². The average Bonchev–Trinajstić information content (AvgIpc) is 2.50. The molecule has 0 saturated carbocycles. The molecule has 1 heterocycles. The highest BCUT2D eigenvalue weighted by Crippen LogP contribution is 2.20. The molecule has 1 aliphatic rings. The van der Waals surface area contributed by atoms with Crippen LogP contribution in [0, 0.1) is 5.92 Å². The van der Waals surface area contributed by atoms with Crippen molar-refractivity contribution in [2.24, 2.45) is 5.92 Å². The van der Waals surface area contributed by atoms with Gasteiger partial charge in [-0.3, -0.25) is 14.9 Å². The fourth-order valence-electron chi connectivity index (χ4n) is 2.04. The molecule has 4 amide bonds. The summed E-state index contributed by atoms with van der Waals surface area (Å²) in [5.41, 5.74) is -1.13. The second kappa shape index (κ2) is 6.11. The molecule has 1 saturated heterocycles. The molecule has 0 aromatic rings. The molecule has 8 heteroatoms. The van der Waals surface area contributed by atoms with Crippen molar-refractivity contribution in [2.75, 3.05) is 6.54 Å². The number of nitrogens with one attached hydrogen (secondary N) is 2. The second-order valence-electron chi connectivity index (χ2n) is 5.99. The summed E-state index contributed by atoms with van der Waals surface area (Å²) >= 11 is 0. The van der Waals surface area contributed by atoms with Crippen LogP contribution in [0.2, 0.25) is 0 Å². The number of carboxylic acid groups (broad SMARTS) is 1. The van der Waals surface area contributed by atoms with Crippen LogP contribution >= 0.6 is 0 Å². The maximum absolute atomic E-state index is 11.9. The first-order valence-corrected chi connectivity index (χ1v) is 6.71. The largest absolute Gasteiger partial charge is 0.480 e. The van der Waals surface area contributed by atoms with Crippen LogP contribution in [0.4, 0.5) is 4.79 Å². The van der Waals surface area contributed by atoms with E-state index in [-0.39, 0.29) is 18.9 Å². The van der Waals surface area contributed by atoms with Crippen LogP contribution < -0.4 is 10.6 Å². The maximum Gasteiger partial charge on any atom is 0.326 e. The van der Waals surface area contributed by atoms with E-state index >= 15 is 0 Å². The smallest absolute Gasteiger partial charge is 0.326 e. The molecule has 0 aromatic carbocycles. The molecule has 3 N–H and O–H groups in total. The summed E-state index contributed by atoms with van der Waals surface area (Å²) < 4.78 is 0. The Kier molecular flexibility index (Phi) is 4.93. The van der Waals surface area contributed by atoms with E-state index in [2.05, 4.69) is 10.6 Å². The van der Waals surface area contributed by atoms with Gasteiger partial charge in [0.05, 0.1) is 0 Å². The number of hydrogen-bond acceptors (Lipinski definition) is 4. The number of amides is 4. The SMILES string of the molecule is CC(C)C[C@@H](NC(=O)CN1C(=O)NC(=O)C1(C)C)C(=O)O. The highest BCUT2D eigenvalue weighted by Gasteiger charge is 2.46. The summed E-state index contributed by atoms with van der Waals surface area (Å²) in [6.45, 7) is 6.36. The van der Waals surface area contributed by atoms with Crippen molar-refractivity contribution >= 4 is 23.8 Å². The Balaban J connectivity index is 2.70. The van der Waals surface area contributed by atoms with Gasteiger partial charge in [-0.05, 0) is 26.2 Å². The molecule has 0 unspecified atom stereocenters. The van der Waals surface area contributed by atoms with Crippen molar-refractivity contribution in [3.05, 3.63) is 0 Å². The summed E-state index contributed by atoms with van der Waals surface area (Å²) in [5, 5.41) is 13.6. The first-order chi connectivity index (χ1) is 9.55. The summed E-state index contributed by atoms with van der Waals surface area (Å²) in [4.78, 5) is 47.3. The Morgan fingerprint density at radius 3 is 2.29 bits per heavy atom. The minimum Gasteiger partial charge on any atom is -0.480 e. The molecule has 0 aromatic heterocycles. The molecule has 118 valence electrons. The molecule has 0 radical (unpaired) electrons. The Labute approximate surface area is 122 Å². The van der Waals surface area contributed by atoms with Crippen molar-refractivity contribution in [1.29, 1.82) is 0 Å². The lowest BCUT2D eigenvalue weighted by Crippen LogP contribution is -2.51.